The number of esters is 1. The molecule has 0 aromatic heterocycles. The molecule has 0 heterocycles. The van der Waals surface area contributed by atoms with Gasteiger partial charge in [0, 0.05) is 0 Å². The number of rotatable bonds is 2. The predicted molar refractivity (Wildman–Crippen MR) is 77.4 cm³/mol. The number of methoxy groups -OCH3 is 1. The molecule has 0 N–H and O–H groups in total. The molecule has 120 valence electrons. The minimum absolute atomic E-state index is 0. The van der Waals surface area contributed by atoms with E-state index in [1.165, 1.54) is 12.7 Å². The summed E-state index contributed by atoms with van der Waals surface area (Å²) < 4.78 is 19.8. The first kappa shape index (κ1) is 25.6. The summed E-state index contributed by atoms with van der Waals surface area (Å²) in [4.78, 5) is 11.6. The van der Waals surface area contributed by atoms with Crippen LogP contribution in [0, 0.1) is 32.6 Å². The van der Waals surface area contributed by atoms with E-state index in [9.17, 15) is 4.79 Å². The first-order chi connectivity index (χ1) is 9.72. The largest absolute Gasteiger partial charge is 2.00 e. The molecule has 0 spiro atoms. The van der Waals surface area contributed by atoms with Gasteiger partial charge in [-0.05, 0) is 30.2 Å². The Labute approximate surface area is 143 Å². The summed E-state index contributed by atoms with van der Waals surface area (Å²) in [5.74, 6) is 0.971. The van der Waals surface area contributed by atoms with Crippen LogP contribution in [0.5, 0.6) is 0 Å². The van der Waals surface area contributed by atoms with E-state index in [1.807, 2.05) is 6.07 Å². The van der Waals surface area contributed by atoms with Gasteiger partial charge in [-0.2, -0.15) is 0 Å². The second-order valence-electron chi connectivity index (χ2n) is 4.69. The first-order valence-electron chi connectivity index (χ1n) is 6.26. The van der Waals surface area contributed by atoms with Crippen LogP contribution in [0.3, 0.4) is 0 Å². The van der Waals surface area contributed by atoms with Crippen molar-refractivity contribution in [3.05, 3.63) is 56.6 Å². The molecule has 1 saturated carbocycles. The zero-order valence-corrected chi connectivity index (χ0v) is 14.1. The maximum atomic E-state index is 11.6. The van der Waals surface area contributed by atoms with Gasteiger partial charge in [-0.25, -0.2) is 0 Å². The van der Waals surface area contributed by atoms with E-state index in [1.54, 1.807) is 0 Å². The Morgan fingerprint density at radius 3 is 2.09 bits per heavy atom. The van der Waals surface area contributed by atoms with Gasteiger partial charge in [-0.15, -0.1) is 0 Å². The van der Waals surface area contributed by atoms with Gasteiger partial charge < -0.3 is 12.2 Å². The molecule has 0 amide bonds. The molecule has 1 aromatic rings. The van der Waals surface area contributed by atoms with E-state index in [-0.39, 0.29) is 36.4 Å². The van der Waals surface area contributed by atoms with E-state index in [0.717, 1.165) is 12.8 Å². The maximum Gasteiger partial charge on any atom is 2.00 e. The van der Waals surface area contributed by atoms with Crippen molar-refractivity contribution in [3.8, 4) is 0 Å². The van der Waals surface area contributed by atoms with Crippen LogP contribution in [0.15, 0.2) is 30.3 Å². The number of benzene rings is 1. The zero-order valence-electron chi connectivity index (χ0n) is 13.0. The summed E-state index contributed by atoms with van der Waals surface area (Å²) in [6.45, 7) is 11.1. The third-order valence-corrected chi connectivity index (χ3v) is 3.66. The third kappa shape index (κ3) is 7.11. The summed E-state index contributed by atoms with van der Waals surface area (Å²) >= 11 is 0. The Morgan fingerprint density at radius 2 is 1.64 bits per heavy atom. The van der Waals surface area contributed by atoms with Crippen LogP contribution in [-0.2, 0) is 35.9 Å². The number of carbonyl (C=O) groups excluding carboxylic acids is 1. The molecular formula is C17H21FeO4+. The zero-order chi connectivity index (χ0) is 15.5. The predicted octanol–water partition coefficient (Wildman–Crippen LogP) is 3.36. The Kier molecular flexibility index (Phi) is 17.0. The van der Waals surface area contributed by atoms with Crippen molar-refractivity contribution < 1.29 is 35.9 Å². The van der Waals surface area contributed by atoms with Gasteiger partial charge in [0.05, 0.1) is 13.0 Å². The molecule has 1 aliphatic rings. The van der Waals surface area contributed by atoms with E-state index in [0.29, 0.717) is 11.8 Å². The second-order valence-corrected chi connectivity index (χ2v) is 4.69. The van der Waals surface area contributed by atoms with Crippen molar-refractivity contribution in [2.75, 3.05) is 7.11 Å². The molecule has 3 unspecified atom stereocenters. The van der Waals surface area contributed by atoms with Crippen LogP contribution < -0.4 is 0 Å². The van der Waals surface area contributed by atoms with Crippen LogP contribution in [0.2, 0.25) is 0 Å². The molecule has 0 aliphatic heterocycles. The van der Waals surface area contributed by atoms with Crippen molar-refractivity contribution in [1.29, 1.82) is 0 Å². The fourth-order valence-corrected chi connectivity index (χ4v) is 2.73. The molecule has 22 heavy (non-hydrogen) atoms. The van der Waals surface area contributed by atoms with E-state index in [2.05, 4.69) is 44.5 Å². The Morgan fingerprint density at radius 1 is 1.14 bits per heavy atom. The normalized spacial score (nSPS) is 21.3. The molecule has 0 radical (unpaired) electrons. The molecule has 0 saturated heterocycles. The third-order valence-electron chi connectivity index (χ3n) is 3.66. The van der Waals surface area contributed by atoms with E-state index in [4.69, 9.17) is 14.0 Å². The number of carbonyl (C=O) groups is 1. The van der Waals surface area contributed by atoms with Crippen molar-refractivity contribution in [2.24, 2.45) is 11.8 Å². The fraction of sp³-hybridized carbons (Fsp3) is 0.412. The molecule has 1 fully saturated rings. The Bertz CT molecular complexity index is 436. The van der Waals surface area contributed by atoms with Gasteiger partial charge >= 0.3 is 45.6 Å². The second kappa shape index (κ2) is 14.6. The topological polar surface area (TPSA) is 66.1 Å². The molecule has 1 aliphatic carbocycles. The van der Waals surface area contributed by atoms with Gasteiger partial charge in [-0.1, -0.05) is 37.3 Å². The monoisotopic (exact) mass is 345 g/mol. The van der Waals surface area contributed by atoms with Gasteiger partial charge in [0.15, 0.2) is 0 Å². The van der Waals surface area contributed by atoms with Gasteiger partial charge in [-0.3, -0.25) is 4.79 Å². The SMILES string of the molecule is COC(=O)C1CC(c2ccccc2)CC1C.[C-]#[O+].[C-]#[O+].[CH3-].[Fe+2]. The standard InChI is InChI=1S/C14H18O2.2CO.CH3.Fe/c1-10-8-12(9-13(10)14(15)16-2)11-6-4-3-5-7-11;2*1-2;;/h3-7,10,12-13H,8-9H2,1-2H3;;;1H3;/q;;;-1;+2. The minimum atomic E-state index is -0.0501. The first-order valence-corrected chi connectivity index (χ1v) is 6.26. The molecule has 3 atom stereocenters. The van der Waals surface area contributed by atoms with Gasteiger partial charge in [0.2, 0.25) is 0 Å². The van der Waals surface area contributed by atoms with Crippen LogP contribution in [0.1, 0.15) is 31.2 Å². The van der Waals surface area contributed by atoms with Crippen molar-refractivity contribution in [2.45, 2.75) is 25.7 Å². The van der Waals surface area contributed by atoms with Crippen LogP contribution in [0.25, 0.3) is 0 Å². The fourth-order valence-electron chi connectivity index (χ4n) is 2.73. The number of ether oxygens (including phenoxy) is 1. The number of hydrogen-bond donors (Lipinski definition) is 0. The molecule has 2 rings (SSSR count). The molecule has 5 heteroatoms. The average Bonchev–Trinajstić information content (AvgIpc) is 2.93. The molecular weight excluding hydrogens is 324 g/mol. The van der Waals surface area contributed by atoms with Crippen LogP contribution in [-0.4, -0.2) is 13.1 Å². The summed E-state index contributed by atoms with van der Waals surface area (Å²) in [7, 11) is 1.48. The van der Waals surface area contributed by atoms with Gasteiger partial charge in [0.1, 0.15) is 0 Å². The van der Waals surface area contributed by atoms with Crippen molar-refractivity contribution >= 4 is 5.97 Å². The van der Waals surface area contributed by atoms with Crippen LogP contribution >= 0.6 is 0 Å². The maximum absolute atomic E-state index is 11.6. The van der Waals surface area contributed by atoms with Crippen LogP contribution in [0.4, 0.5) is 0 Å². The summed E-state index contributed by atoms with van der Waals surface area (Å²) in [6.07, 6.45) is 2.02. The molecule has 1 aromatic carbocycles. The summed E-state index contributed by atoms with van der Waals surface area (Å²) in [6, 6.07) is 10.4. The summed E-state index contributed by atoms with van der Waals surface area (Å²) in [5.41, 5.74) is 1.35. The van der Waals surface area contributed by atoms with Gasteiger partial charge in [0.25, 0.3) is 0 Å². The quantitative estimate of drug-likeness (QED) is 0.357. The van der Waals surface area contributed by atoms with Crippen molar-refractivity contribution in [3.63, 3.8) is 0 Å². The molecule has 4 nitrogen and oxygen atoms in total. The Balaban J connectivity index is -0.000000557. The van der Waals surface area contributed by atoms with E-state index < -0.39 is 0 Å². The smallest absolute Gasteiger partial charge is 0.358 e. The number of hydrogen-bond acceptors (Lipinski definition) is 2. The van der Waals surface area contributed by atoms with E-state index >= 15 is 0 Å². The molecule has 0 bridgehead atoms. The minimum Gasteiger partial charge on any atom is -0.358 e. The average molecular weight is 345 g/mol. The Hall–Kier alpha value is -1.31. The van der Waals surface area contributed by atoms with Crippen molar-refractivity contribution in [1.82, 2.24) is 0 Å². The summed E-state index contributed by atoms with van der Waals surface area (Å²) in [5, 5.41) is 0.